The van der Waals surface area contributed by atoms with Gasteiger partial charge in [0.2, 0.25) is 6.79 Å². The number of guanidine groups is 1. The molecule has 1 heterocycles. The van der Waals surface area contributed by atoms with E-state index >= 15 is 0 Å². The molecule has 0 unspecified atom stereocenters. The molecule has 0 amide bonds. The van der Waals surface area contributed by atoms with Crippen molar-refractivity contribution < 1.29 is 27.7 Å². The Kier molecular flexibility index (Phi) is 6.94. The van der Waals surface area contributed by atoms with Crippen LogP contribution in [0.2, 0.25) is 0 Å². The Morgan fingerprint density at radius 2 is 1.86 bits per heavy atom. The van der Waals surface area contributed by atoms with Gasteiger partial charge in [-0.25, -0.2) is 0 Å². The number of nitrogens with one attached hydrogen (secondary N) is 2. The van der Waals surface area contributed by atoms with Crippen molar-refractivity contribution >= 4 is 5.96 Å². The highest BCUT2D eigenvalue weighted by atomic mass is 19.3. The zero-order chi connectivity index (χ0) is 20.6. The molecule has 9 heteroatoms. The molecule has 2 aromatic rings. The minimum Gasteiger partial charge on any atom is -0.493 e. The first kappa shape index (κ1) is 20.5. The van der Waals surface area contributed by atoms with Crippen LogP contribution in [-0.4, -0.2) is 40.1 Å². The Bertz CT molecular complexity index is 862. The summed E-state index contributed by atoms with van der Waals surface area (Å²) in [6.45, 7) is -1.63. The van der Waals surface area contributed by atoms with E-state index < -0.39 is 6.61 Å². The van der Waals surface area contributed by atoms with E-state index in [1.54, 1.807) is 19.2 Å². The van der Waals surface area contributed by atoms with Gasteiger partial charge in [0.1, 0.15) is 0 Å². The Balaban J connectivity index is 1.50. The first-order valence-corrected chi connectivity index (χ1v) is 9.04. The molecular formula is C20H23F2N3O4. The number of nitrogens with zero attached hydrogens (tertiary/aromatic N) is 1. The second-order valence-electron chi connectivity index (χ2n) is 6.15. The van der Waals surface area contributed by atoms with Crippen LogP contribution in [0.5, 0.6) is 23.0 Å². The number of hydrogen-bond acceptors (Lipinski definition) is 5. The summed E-state index contributed by atoms with van der Waals surface area (Å²) in [5, 5.41) is 6.36. The summed E-state index contributed by atoms with van der Waals surface area (Å²) in [6.07, 6.45) is 0.770. The summed E-state index contributed by atoms with van der Waals surface area (Å²) in [5.41, 5.74) is 1.86. The van der Waals surface area contributed by atoms with Gasteiger partial charge in [-0.2, -0.15) is 8.78 Å². The van der Waals surface area contributed by atoms with E-state index in [1.807, 2.05) is 18.2 Å². The molecule has 0 fully saturated rings. The lowest BCUT2D eigenvalue weighted by molar-refractivity contribution is -0.0512. The molecule has 156 valence electrons. The number of halogens is 2. The minimum atomic E-state index is -2.92. The number of hydrogen-bond donors (Lipinski definition) is 2. The van der Waals surface area contributed by atoms with Crippen LogP contribution in [0.15, 0.2) is 41.4 Å². The first-order valence-electron chi connectivity index (χ1n) is 9.04. The fourth-order valence-corrected chi connectivity index (χ4v) is 2.85. The fourth-order valence-electron chi connectivity index (χ4n) is 2.85. The maximum Gasteiger partial charge on any atom is 0.387 e. The van der Waals surface area contributed by atoms with Crippen LogP contribution in [0.1, 0.15) is 11.1 Å². The SMILES string of the molecule is CN=C(NCCc1ccc2c(c1)OCO2)NCc1ccc(OC)c(OC(F)F)c1. The number of ether oxygens (including phenoxy) is 4. The lowest BCUT2D eigenvalue weighted by Crippen LogP contribution is -2.37. The molecule has 1 aliphatic rings. The number of methoxy groups -OCH3 is 1. The third-order valence-corrected chi connectivity index (χ3v) is 4.27. The number of benzene rings is 2. The third kappa shape index (κ3) is 5.63. The van der Waals surface area contributed by atoms with Crippen molar-refractivity contribution in [2.24, 2.45) is 4.99 Å². The van der Waals surface area contributed by atoms with Gasteiger partial charge >= 0.3 is 6.61 Å². The van der Waals surface area contributed by atoms with Gasteiger partial charge in [0, 0.05) is 20.1 Å². The Morgan fingerprint density at radius 1 is 1.07 bits per heavy atom. The molecule has 0 atom stereocenters. The average molecular weight is 407 g/mol. The van der Waals surface area contributed by atoms with E-state index in [9.17, 15) is 8.78 Å². The van der Waals surface area contributed by atoms with Crippen LogP contribution in [0, 0.1) is 0 Å². The van der Waals surface area contributed by atoms with Crippen molar-refractivity contribution in [2.45, 2.75) is 19.6 Å². The second kappa shape index (κ2) is 9.81. The lowest BCUT2D eigenvalue weighted by atomic mass is 10.1. The van der Waals surface area contributed by atoms with Crippen molar-refractivity contribution in [1.29, 1.82) is 0 Å². The number of alkyl halides is 2. The number of fused-ring (bicyclic) bond motifs is 1. The largest absolute Gasteiger partial charge is 0.493 e. The summed E-state index contributed by atoms with van der Waals surface area (Å²) in [4.78, 5) is 4.17. The predicted octanol–water partition coefficient (Wildman–Crippen LogP) is 2.93. The predicted molar refractivity (Wildman–Crippen MR) is 104 cm³/mol. The normalized spacial score (nSPS) is 12.8. The van der Waals surface area contributed by atoms with Crippen LogP contribution in [0.3, 0.4) is 0 Å². The average Bonchev–Trinajstić information content (AvgIpc) is 3.18. The summed E-state index contributed by atoms with van der Waals surface area (Å²) in [7, 11) is 3.06. The highest BCUT2D eigenvalue weighted by Gasteiger charge is 2.13. The van der Waals surface area contributed by atoms with Crippen molar-refractivity contribution in [3.8, 4) is 23.0 Å². The molecule has 0 aliphatic carbocycles. The van der Waals surface area contributed by atoms with Crippen LogP contribution < -0.4 is 29.6 Å². The van der Waals surface area contributed by atoms with Crippen LogP contribution >= 0.6 is 0 Å². The minimum absolute atomic E-state index is 0.00689. The highest BCUT2D eigenvalue weighted by Crippen LogP contribution is 2.32. The second-order valence-corrected chi connectivity index (χ2v) is 6.15. The van der Waals surface area contributed by atoms with Crippen LogP contribution in [-0.2, 0) is 13.0 Å². The summed E-state index contributed by atoms with van der Waals surface area (Å²) in [5.74, 6) is 2.35. The molecule has 0 spiro atoms. The van der Waals surface area contributed by atoms with E-state index in [0.29, 0.717) is 19.0 Å². The van der Waals surface area contributed by atoms with Gasteiger partial charge in [-0.05, 0) is 41.8 Å². The standard InChI is InChI=1S/C20H23F2N3O4/c1-23-20(24-8-7-13-3-6-16-17(9-13)28-12-27-16)25-11-14-4-5-15(26-2)18(10-14)29-19(21)22/h3-6,9-10,19H,7-8,11-12H2,1-2H3,(H2,23,24,25). The lowest BCUT2D eigenvalue weighted by Gasteiger charge is -2.14. The Hall–Kier alpha value is -3.23. The van der Waals surface area contributed by atoms with Crippen molar-refractivity contribution in [1.82, 2.24) is 10.6 Å². The first-order chi connectivity index (χ1) is 14.1. The zero-order valence-electron chi connectivity index (χ0n) is 16.2. The third-order valence-electron chi connectivity index (χ3n) is 4.27. The molecule has 2 aromatic carbocycles. The summed E-state index contributed by atoms with van der Waals surface area (Å²) < 4.78 is 45.3. The van der Waals surface area contributed by atoms with Crippen molar-refractivity contribution in [2.75, 3.05) is 27.5 Å². The van der Waals surface area contributed by atoms with Gasteiger partial charge in [0.15, 0.2) is 29.0 Å². The van der Waals surface area contributed by atoms with Gasteiger partial charge in [0.05, 0.1) is 7.11 Å². The molecule has 0 aromatic heterocycles. The molecule has 7 nitrogen and oxygen atoms in total. The number of aliphatic imine (C=N–C) groups is 1. The molecule has 3 rings (SSSR count). The topological polar surface area (TPSA) is 73.3 Å². The van der Waals surface area contributed by atoms with Crippen LogP contribution in [0.4, 0.5) is 8.78 Å². The summed E-state index contributed by atoms with van der Waals surface area (Å²) >= 11 is 0. The molecule has 0 saturated carbocycles. The van der Waals surface area contributed by atoms with Crippen molar-refractivity contribution in [3.63, 3.8) is 0 Å². The molecule has 29 heavy (non-hydrogen) atoms. The highest BCUT2D eigenvalue weighted by molar-refractivity contribution is 5.79. The molecule has 1 aliphatic heterocycles. The van der Waals surface area contributed by atoms with Crippen LogP contribution in [0.25, 0.3) is 0 Å². The van der Waals surface area contributed by atoms with E-state index in [4.69, 9.17) is 14.2 Å². The van der Waals surface area contributed by atoms with Crippen molar-refractivity contribution in [3.05, 3.63) is 47.5 Å². The van der Waals surface area contributed by atoms with Gasteiger partial charge in [-0.1, -0.05) is 12.1 Å². The molecular weight excluding hydrogens is 384 g/mol. The molecule has 0 radical (unpaired) electrons. The monoisotopic (exact) mass is 407 g/mol. The molecule has 2 N–H and O–H groups in total. The number of rotatable bonds is 8. The maximum atomic E-state index is 12.6. The van der Waals surface area contributed by atoms with Gasteiger partial charge in [-0.15, -0.1) is 0 Å². The Labute approximate surface area is 167 Å². The van der Waals surface area contributed by atoms with Gasteiger partial charge in [0.25, 0.3) is 0 Å². The fraction of sp³-hybridized carbons (Fsp3) is 0.350. The molecule has 0 saturated heterocycles. The quantitative estimate of drug-likeness (QED) is 0.518. The van der Waals surface area contributed by atoms with E-state index in [2.05, 4.69) is 20.4 Å². The maximum absolute atomic E-state index is 12.6. The van der Waals surface area contributed by atoms with E-state index in [-0.39, 0.29) is 18.3 Å². The zero-order valence-corrected chi connectivity index (χ0v) is 16.2. The van der Waals surface area contributed by atoms with E-state index in [1.165, 1.54) is 13.2 Å². The van der Waals surface area contributed by atoms with Gasteiger partial charge in [-0.3, -0.25) is 4.99 Å². The van der Waals surface area contributed by atoms with Gasteiger partial charge < -0.3 is 29.6 Å². The molecule has 0 bridgehead atoms. The van der Waals surface area contributed by atoms with E-state index in [0.717, 1.165) is 29.0 Å². The Morgan fingerprint density at radius 3 is 2.62 bits per heavy atom. The summed E-state index contributed by atoms with van der Waals surface area (Å²) in [6, 6.07) is 10.7. The smallest absolute Gasteiger partial charge is 0.387 e.